The van der Waals surface area contributed by atoms with Crippen LogP contribution in [-0.2, 0) is 15.8 Å². The second kappa shape index (κ2) is 10.8. The van der Waals surface area contributed by atoms with Gasteiger partial charge >= 0.3 is 0 Å². The molecule has 226 valence electrons. The normalized spacial score (nSPS) is 19.5. The van der Waals surface area contributed by atoms with Gasteiger partial charge in [0.15, 0.2) is 5.60 Å². The number of benzene rings is 5. The molecule has 2 heterocycles. The SMILES string of the molecule is CCC1(CC)c2ccccc2-c2c1c1c(c3cc(OC)ccc23)OC(c2ccccc2)(c2ccc(N3CCOCC3)cc2)C=C1. The number of anilines is 1. The van der Waals surface area contributed by atoms with Crippen LogP contribution in [0.4, 0.5) is 5.69 Å². The zero-order valence-electron chi connectivity index (χ0n) is 26.3. The van der Waals surface area contributed by atoms with E-state index in [1.165, 1.54) is 38.9 Å². The van der Waals surface area contributed by atoms with Crippen molar-refractivity contribution in [1.29, 1.82) is 0 Å². The Morgan fingerprint density at radius 3 is 2.22 bits per heavy atom. The highest BCUT2D eigenvalue weighted by Crippen LogP contribution is 2.60. The van der Waals surface area contributed by atoms with Crippen molar-refractivity contribution in [3.63, 3.8) is 0 Å². The van der Waals surface area contributed by atoms with Crippen LogP contribution in [0.5, 0.6) is 11.5 Å². The van der Waals surface area contributed by atoms with Gasteiger partial charge in [-0.05, 0) is 76.9 Å². The van der Waals surface area contributed by atoms with Crippen LogP contribution in [0.25, 0.3) is 28.0 Å². The fourth-order valence-electron chi connectivity index (χ4n) is 8.17. The lowest BCUT2D eigenvalue weighted by molar-refractivity contribution is 0.122. The van der Waals surface area contributed by atoms with Gasteiger partial charge in [-0.25, -0.2) is 0 Å². The molecule has 5 aromatic rings. The Labute approximate surface area is 265 Å². The standard InChI is InChI=1S/C41H39NO3/c1-4-40(5-2)36-14-10-9-13-33(36)37-32-20-19-31(43-3)27-35(32)39-34(38(37)40)21-22-41(45-39,28-11-7-6-8-12-28)29-15-17-30(18-16-29)42-23-25-44-26-24-42/h6-22,27H,4-5,23-26H2,1-3H3. The summed E-state index contributed by atoms with van der Waals surface area (Å²) >= 11 is 0. The molecule has 2 aliphatic heterocycles. The molecule has 5 aromatic carbocycles. The number of methoxy groups -OCH3 is 1. The maximum absolute atomic E-state index is 7.52. The molecule has 0 bridgehead atoms. The molecule has 0 radical (unpaired) electrons. The van der Waals surface area contributed by atoms with Crippen molar-refractivity contribution in [3.8, 4) is 22.6 Å². The maximum atomic E-state index is 7.52. The monoisotopic (exact) mass is 593 g/mol. The third-order valence-corrected chi connectivity index (χ3v) is 10.5. The zero-order chi connectivity index (χ0) is 30.6. The minimum atomic E-state index is -0.797. The van der Waals surface area contributed by atoms with Gasteiger partial charge in [0.05, 0.1) is 20.3 Å². The van der Waals surface area contributed by atoms with E-state index in [-0.39, 0.29) is 5.41 Å². The molecule has 1 saturated heterocycles. The van der Waals surface area contributed by atoms with E-state index in [4.69, 9.17) is 14.2 Å². The second-order valence-corrected chi connectivity index (χ2v) is 12.4. The summed E-state index contributed by atoms with van der Waals surface area (Å²) in [5, 5.41) is 2.29. The molecule has 1 atom stereocenters. The minimum absolute atomic E-state index is 0.0929. The molecule has 3 aliphatic rings. The van der Waals surface area contributed by atoms with Gasteiger partial charge in [-0.15, -0.1) is 0 Å². The predicted octanol–water partition coefficient (Wildman–Crippen LogP) is 9.12. The van der Waals surface area contributed by atoms with Gasteiger partial charge in [0.1, 0.15) is 11.5 Å². The smallest absolute Gasteiger partial charge is 0.178 e. The van der Waals surface area contributed by atoms with E-state index in [1.54, 1.807) is 7.11 Å². The third-order valence-electron chi connectivity index (χ3n) is 10.5. The topological polar surface area (TPSA) is 30.9 Å². The summed E-state index contributed by atoms with van der Waals surface area (Å²) in [5.74, 6) is 1.75. The lowest BCUT2D eigenvalue weighted by Gasteiger charge is -2.39. The van der Waals surface area contributed by atoms with E-state index >= 15 is 0 Å². The number of hydrogen-bond acceptors (Lipinski definition) is 4. The molecule has 0 aromatic heterocycles. The van der Waals surface area contributed by atoms with Crippen molar-refractivity contribution < 1.29 is 14.2 Å². The number of morpholine rings is 1. The summed E-state index contributed by atoms with van der Waals surface area (Å²) in [7, 11) is 1.74. The average Bonchev–Trinajstić information content (AvgIpc) is 3.43. The van der Waals surface area contributed by atoms with Crippen LogP contribution in [0, 0.1) is 0 Å². The number of ether oxygens (including phenoxy) is 3. The summed E-state index contributed by atoms with van der Waals surface area (Å²) in [4.78, 5) is 2.39. The molecule has 8 rings (SSSR count). The third kappa shape index (κ3) is 4.08. The highest BCUT2D eigenvalue weighted by Gasteiger charge is 2.46. The summed E-state index contributed by atoms with van der Waals surface area (Å²) < 4.78 is 18.9. The van der Waals surface area contributed by atoms with Gasteiger partial charge in [0.25, 0.3) is 0 Å². The van der Waals surface area contributed by atoms with Crippen molar-refractivity contribution >= 4 is 22.5 Å². The van der Waals surface area contributed by atoms with Gasteiger partial charge < -0.3 is 19.1 Å². The fourth-order valence-corrected chi connectivity index (χ4v) is 8.17. The molecule has 45 heavy (non-hydrogen) atoms. The Balaban J connectivity index is 1.39. The first kappa shape index (κ1) is 28.0. The fraction of sp³-hybridized carbons (Fsp3) is 0.268. The number of hydrogen-bond donors (Lipinski definition) is 0. The molecule has 0 spiro atoms. The molecule has 0 N–H and O–H groups in total. The Kier molecular flexibility index (Phi) is 6.72. The van der Waals surface area contributed by atoms with Crippen molar-refractivity contribution in [2.75, 3.05) is 38.3 Å². The molecule has 1 aliphatic carbocycles. The van der Waals surface area contributed by atoms with Gasteiger partial charge in [0, 0.05) is 46.3 Å². The van der Waals surface area contributed by atoms with Crippen LogP contribution in [-0.4, -0.2) is 33.4 Å². The van der Waals surface area contributed by atoms with Gasteiger partial charge in [-0.2, -0.15) is 0 Å². The lowest BCUT2D eigenvalue weighted by atomic mass is 9.71. The minimum Gasteiger partial charge on any atom is -0.497 e. The zero-order valence-corrected chi connectivity index (χ0v) is 26.3. The first-order valence-corrected chi connectivity index (χ1v) is 16.3. The predicted molar refractivity (Wildman–Crippen MR) is 184 cm³/mol. The summed E-state index contributed by atoms with van der Waals surface area (Å²) in [6, 6.07) is 35.1. The molecule has 0 saturated carbocycles. The van der Waals surface area contributed by atoms with Gasteiger partial charge in [0.2, 0.25) is 0 Å². The first-order valence-electron chi connectivity index (χ1n) is 16.3. The lowest BCUT2D eigenvalue weighted by Crippen LogP contribution is -2.37. The first-order chi connectivity index (χ1) is 22.1. The summed E-state index contributed by atoms with van der Waals surface area (Å²) in [6.07, 6.45) is 6.68. The van der Waals surface area contributed by atoms with Crippen LogP contribution in [0.15, 0.2) is 103 Å². The van der Waals surface area contributed by atoms with E-state index in [9.17, 15) is 0 Å². The van der Waals surface area contributed by atoms with E-state index in [0.29, 0.717) is 0 Å². The second-order valence-electron chi connectivity index (χ2n) is 12.4. The van der Waals surface area contributed by atoms with Crippen molar-refractivity contribution in [1.82, 2.24) is 0 Å². The Morgan fingerprint density at radius 1 is 0.778 bits per heavy atom. The van der Waals surface area contributed by atoms with Gasteiger partial charge in [-0.3, -0.25) is 0 Å². The van der Waals surface area contributed by atoms with E-state index in [2.05, 4.69) is 128 Å². The van der Waals surface area contributed by atoms with Crippen LogP contribution < -0.4 is 14.4 Å². The highest BCUT2D eigenvalue weighted by atomic mass is 16.5. The largest absolute Gasteiger partial charge is 0.497 e. The summed E-state index contributed by atoms with van der Waals surface area (Å²) in [6.45, 7) is 8.01. The van der Waals surface area contributed by atoms with Crippen molar-refractivity contribution in [3.05, 3.63) is 131 Å². The molecule has 4 heteroatoms. The van der Waals surface area contributed by atoms with E-state index < -0.39 is 5.60 Å². The maximum Gasteiger partial charge on any atom is 0.178 e. The van der Waals surface area contributed by atoms with E-state index in [0.717, 1.165) is 67.2 Å². The number of fused-ring (bicyclic) bond motifs is 8. The van der Waals surface area contributed by atoms with Crippen LogP contribution in [0.2, 0.25) is 0 Å². The van der Waals surface area contributed by atoms with Crippen molar-refractivity contribution in [2.24, 2.45) is 0 Å². The van der Waals surface area contributed by atoms with E-state index in [1.807, 2.05) is 0 Å². The molecular formula is C41H39NO3. The molecular weight excluding hydrogens is 554 g/mol. The molecule has 4 nitrogen and oxygen atoms in total. The Morgan fingerprint density at radius 2 is 1.49 bits per heavy atom. The highest BCUT2D eigenvalue weighted by molar-refractivity contribution is 6.09. The molecule has 1 unspecified atom stereocenters. The Hall–Kier alpha value is -4.54. The van der Waals surface area contributed by atoms with Crippen LogP contribution >= 0.6 is 0 Å². The quantitative estimate of drug-likeness (QED) is 0.196. The summed E-state index contributed by atoms with van der Waals surface area (Å²) in [5.41, 5.74) is 9.19. The number of rotatable bonds is 6. The molecule has 1 fully saturated rings. The average molecular weight is 594 g/mol. The van der Waals surface area contributed by atoms with Gasteiger partial charge in [-0.1, -0.05) is 86.7 Å². The van der Waals surface area contributed by atoms with Crippen molar-refractivity contribution in [2.45, 2.75) is 37.7 Å². The number of nitrogens with zero attached hydrogens (tertiary/aromatic N) is 1. The van der Waals surface area contributed by atoms with Crippen LogP contribution in [0.1, 0.15) is 54.5 Å². The molecule has 0 amide bonds. The Bertz CT molecular complexity index is 1920. The van der Waals surface area contributed by atoms with Crippen LogP contribution in [0.3, 0.4) is 0 Å².